The number of rotatable bonds is 2. The van der Waals surface area contributed by atoms with Crippen LogP contribution in [0.25, 0.3) is 10.2 Å². The van der Waals surface area contributed by atoms with Crippen LogP contribution >= 0.6 is 11.3 Å². The van der Waals surface area contributed by atoms with Gasteiger partial charge >= 0.3 is 6.03 Å². The molecule has 1 aliphatic heterocycles. The summed E-state index contributed by atoms with van der Waals surface area (Å²) in [6.07, 6.45) is 0. The van der Waals surface area contributed by atoms with Crippen LogP contribution < -0.4 is 5.32 Å². The number of nitrogens with one attached hydrogen (secondary N) is 1. The number of aromatic nitrogens is 1. The number of thiazole rings is 1. The number of amides is 3. The van der Waals surface area contributed by atoms with E-state index in [0.717, 1.165) is 0 Å². The van der Waals surface area contributed by atoms with Crippen molar-refractivity contribution in [2.45, 2.75) is 0 Å². The van der Waals surface area contributed by atoms with Crippen molar-refractivity contribution in [2.24, 2.45) is 0 Å². The van der Waals surface area contributed by atoms with Crippen LogP contribution in [0.1, 0.15) is 10.4 Å². The zero-order valence-electron chi connectivity index (χ0n) is 14.7. The molecule has 0 bridgehead atoms. The van der Waals surface area contributed by atoms with Crippen LogP contribution in [-0.2, 0) is 0 Å². The van der Waals surface area contributed by atoms with E-state index in [-0.39, 0.29) is 17.8 Å². The number of nitrogens with zero attached hydrogens (tertiary/aromatic N) is 3. The number of piperazine rings is 1. The van der Waals surface area contributed by atoms with Gasteiger partial charge in [0.05, 0.1) is 10.2 Å². The fourth-order valence-electron chi connectivity index (χ4n) is 3.04. The summed E-state index contributed by atoms with van der Waals surface area (Å²) in [5, 5.41) is 3.12. The maximum atomic E-state index is 13.3. The molecule has 0 aliphatic carbocycles. The molecule has 9 heteroatoms. The molecule has 3 aromatic rings. The van der Waals surface area contributed by atoms with Crippen LogP contribution in [0.2, 0.25) is 0 Å². The van der Waals surface area contributed by atoms with Gasteiger partial charge in [-0.3, -0.25) is 10.1 Å². The maximum absolute atomic E-state index is 13.3. The Morgan fingerprint density at radius 1 is 0.964 bits per heavy atom. The van der Waals surface area contributed by atoms with Crippen molar-refractivity contribution < 1.29 is 18.4 Å². The van der Waals surface area contributed by atoms with Gasteiger partial charge in [0.15, 0.2) is 5.13 Å². The zero-order chi connectivity index (χ0) is 19.7. The SMILES string of the molecule is O=C(Nc1nc2ccc(F)cc2s1)N1CCN(C(=O)c2cccc(F)c2)CC1. The van der Waals surface area contributed by atoms with Crippen molar-refractivity contribution in [3.63, 3.8) is 0 Å². The number of fused-ring (bicyclic) bond motifs is 1. The smallest absolute Gasteiger partial charge is 0.323 e. The molecule has 0 saturated carbocycles. The number of carbonyl (C=O) groups excluding carboxylic acids is 2. The first-order chi connectivity index (χ1) is 13.5. The van der Waals surface area contributed by atoms with Crippen molar-refractivity contribution in [3.8, 4) is 0 Å². The predicted molar refractivity (Wildman–Crippen MR) is 102 cm³/mol. The first kappa shape index (κ1) is 18.3. The predicted octanol–water partition coefficient (Wildman–Crippen LogP) is 3.56. The average Bonchev–Trinajstić information content (AvgIpc) is 3.08. The van der Waals surface area contributed by atoms with Crippen LogP contribution in [0.3, 0.4) is 0 Å². The van der Waals surface area contributed by atoms with Gasteiger partial charge in [-0.2, -0.15) is 0 Å². The standard InChI is InChI=1S/C19H16F2N4O2S/c20-13-3-1-2-12(10-13)17(26)24-6-8-25(9-7-24)19(27)23-18-22-15-5-4-14(21)11-16(15)28-18/h1-5,10-11H,6-9H2,(H,22,23,27). The van der Waals surface area contributed by atoms with E-state index < -0.39 is 5.82 Å². The van der Waals surface area contributed by atoms with Crippen molar-refractivity contribution in [3.05, 3.63) is 59.7 Å². The fraction of sp³-hybridized carbons (Fsp3) is 0.211. The monoisotopic (exact) mass is 402 g/mol. The Morgan fingerprint density at radius 3 is 2.43 bits per heavy atom. The van der Waals surface area contributed by atoms with Gasteiger partial charge in [-0.25, -0.2) is 18.6 Å². The highest BCUT2D eigenvalue weighted by atomic mass is 32.1. The molecule has 1 aromatic heterocycles. The van der Waals surface area contributed by atoms with E-state index in [1.54, 1.807) is 21.9 Å². The minimum Gasteiger partial charge on any atom is -0.335 e. The highest BCUT2D eigenvalue weighted by Gasteiger charge is 2.25. The van der Waals surface area contributed by atoms with Gasteiger partial charge in [0.1, 0.15) is 11.6 Å². The first-order valence-electron chi connectivity index (χ1n) is 8.66. The normalized spacial score (nSPS) is 14.4. The molecule has 1 N–H and O–H groups in total. The lowest BCUT2D eigenvalue weighted by molar-refractivity contribution is 0.0671. The van der Waals surface area contributed by atoms with Gasteiger partial charge in [-0.05, 0) is 36.4 Å². The second-order valence-electron chi connectivity index (χ2n) is 6.35. The minimum atomic E-state index is -0.459. The van der Waals surface area contributed by atoms with E-state index in [4.69, 9.17) is 0 Å². The molecule has 144 valence electrons. The lowest BCUT2D eigenvalue weighted by Crippen LogP contribution is -2.51. The molecule has 1 aliphatic rings. The Labute approximate surface area is 163 Å². The van der Waals surface area contributed by atoms with E-state index >= 15 is 0 Å². The fourth-order valence-corrected chi connectivity index (χ4v) is 3.92. The van der Waals surface area contributed by atoms with E-state index in [1.165, 1.54) is 41.7 Å². The summed E-state index contributed by atoms with van der Waals surface area (Å²) < 4.78 is 27.2. The summed E-state index contributed by atoms with van der Waals surface area (Å²) in [6.45, 7) is 1.42. The molecule has 4 rings (SSSR count). The molecule has 6 nitrogen and oxygen atoms in total. The van der Waals surface area contributed by atoms with Crippen molar-refractivity contribution in [1.29, 1.82) is 0 Å². The third-order valence-corrected chi connectivity index (χ3v) is 5.42. The largest absolute Gasteiger partial charge is 0.335 e. The highest BCUT2D eigenvalue weighted by molar-refractivity contribution is 7.22. The van der Waals surface area contributed by atoms with E-state index in [9.17, 15) is 18.4 Å². The second-order valence-corrected chi connectivity index (χ2v) is 7.38. The van der Waals surface area contributed by atoms with Gasteiger partial charge < -0.3 is 9.80 Å². The molecule has 2 heterocycles. The van der Waals surface area contributed by atoms with Crippen LogP contribution in [-0.4, -0.2) is 52.9 Å². The third-order valence-electron chi connectivity index (χ3n) is 4.49. The molecular weight excluding hydrogens is 386 g/mol. The third kappa shape index (κ3) is 3.79. The average molecular weight is 402 g/mol. The van der Waals surface area contributed by atoms with Crippen LogP contribution in [0.15, 0.2) is 42.5 Å². The van der Waals surface area contributed by atoms with Crippen LogP contribution in [0, 0.1) is 11.6 Å². The highest BCUT2D eigenvalue weighted by Crippen LogP contribution is 2.26. The minimum absolute atomic E-state index is 0.257. The molecule has 0 unspecified atom stereocenters. The summed E-state index contributed by atoms with van der Waals surface area (Å²) >= 11 is 1.20. The van der Waals surface area contributed by atoms with E-state index in [2.05, 4.69) is 10.3 Å². The van der Waals surface area contributed by atoms with E-state index in [1.807, 2.05) is 0 Å². The first-order valence-corrected chi connectivity index (χ1v) is 9.48. The Balaban J connectivity index is 1.36. The molecule has 3 amide bonds. The van der Waals surface area contributed by atoms with Crippen LogP contribution in [0.4, 0.5) is 18.7 Å². The topological polar surface area (TPSA) is 65.5 Å². The Kier molecular flexibility index (Phi) is 4.91. The van der Waals surface area contributed by atoms with Gasteiger partial charge in [0, 0.05) is 31.7 Å². The molecular formula is C19H16F2N4O2S. The van der Waals surface area contributed by atoms with Crippen molar-refractivity contribution >= 4 is 38.6 Å². The Hall–Kier alpha value is -3.07. The molecule has 28 heavy (non-hydrogen) atoms. The second kappa shape index (κ2) is 7.51. The lowest BCUT2D eigenvalue weighted by Gasteiger charge is -2.34. The summed E-state index contributed by atoms with van der Waals surface area (Å²) in [4.78, 5) is 32.4. The lowest BCUT2D eigenvalue weighted by atomic mass is 10.2. The molecule has 2 aromatic carbocycles. The quantitative estimate of drug-likeness (QED) is 0.713. The van der Waals surface area contributed by atoms with E-state index in [0.29, 0.717) is 47.1 Å². The van der Waals surface area contributed by atoms with Gasteiger partial charge in [0.2, 0.25) is 0 Å². The van der Waals surface area contributed by atoms with Crippen LogP contribution in [0.5, 0.6) is 0 Å². The van der Waals surface area contributed by atoms with Gasteiger partial charge in [-0.1, -0.05) is 17.4 Å². The number of carbonyl (C=O) groups is 2. The maximum Gasteiger partial charge on any atom is 0.323 e. The van der Waals surface area contributed by atoms with Gasteiger partial charge in [0.25, 0.3) is 5.91 Å². The number of benzene rings is 2. The Bertz CT molecular complexity index is 1050. The van der Waals surface area contributed by atoms with Gasteiger partial charge in [-0.15, -0.1) is 0 Å². The number of anilines is 1. The molecule has 1 fully saturated rings. The number of halogens is 2. The summed E-state index contributed by atoms with van der Waals surface area (Å²) in [6, 6.07) is 9.50. The number of hydrogen-bond donors (Lipinski definition) is 1. The molecule has 0 spiro atoms. The summed E-state index contributed by atoms with van der Waals surface area (Å²) in [7, 11) is 0. The molecule has 1 saturated heterocycles. The Morgan fingerprint density at radius 2 is 1.68 bits per heavy atom. The molecule has 0 radical (unpaired) electrons. The number of hydrogen-bond acceptors (Lipinski definition) is 4. The number of urea groups is 1. The summed E-state index contributed by atoms with van der Waals surface area (Å²) in [5.74, 6) is -1.07. The van der Waals surface area contributed by atoms with Crippen molar-refractivity contribution in [1.82, 2.24) is 14.8 Å². The summed E-state index contributed by atoms with van der Waals surface area (Å²) in [5.41, 5.74) is 0.909. The molecule has 0 atom stereocenters. The van der Waals surface area contributed by atoms with Crippen molar-refractivity contribution in [2.75, 3.05) is 31.5 Å². The zero-order valence-corrected chi connectivity index (χ0v) is 15.5.